The predicted molar refractivity (Wildman–Crippen MR) is 92.4 cm³/mol. The molecule has 2 aliphatic rings. The number of amides is 1. The van der Waals surface area contributed by atoms with Crippen LogP contribution in [-0.4, -0.2) is 23.4 Å². The summed E-state index contributed by atoms with van der Waals surface area (Å²) in [5, 5.41) is 2.50. The molecule has 1 fully saturated rings. The van der Waals surface area contributed by atoms with E-state index in [-0.39, 0.29) is 28.5 Å². The first-order chi connectivity index (χ1) is 12.6. The van der Waals surface area contributed by atoms with Crippen LogP contribution in [0.4, 0.5) is 10.5 Å². The molecule has 1 unspecified atom stereocenters. The van der Waals surface area contributed by atoms with Crippen molar-refractivity contribution in [1.29, 1.82) is 0 Å². The number of hydrogen-bond donors (Lipinski definition) is 1. The first-order valence-corrected chi connectivity index (χ1v) is 8.35. The molecule has 0 bridgehead atoms. The van der Waals surface area contributed by atoms with Gasteiger partial charge in [0.25, 0.3) is 0 Å². The monoisotopic (exact) mass is 349 g/mol. The number of carbonyl (C=O) groups is 4. The fraction of sp³-hybridized carbons (Fsp3) is 0.200. The van der Waals surface area contributed by atoms with E-state index in [0.717, 1.165) is 12.8 Å². The predicted octanol–water partition coefficient (Wildman–Crippen LogP) is 3.27. The molecule has 0 saturated heterocycles. The molecule has 4 rings (SSSR count). The highest BCUT2D eigenvalue weighted by atomic mass is 16.6. The highest BCUT2D eigenvalue weighted by Gasteiger charge is 2.48. The van der Waals surface area contributed by atoms with Crippen molar-refractivity contribution in [2.45, 2.75) is 12.8 Å². The van der Waals surface area contributed by atoms with Gasteiger partial charge in [0.05, 0.1) is 11.3 Å². The number of fused-ring (bicyclic) bond motifs is 1. The summed E-state index contributed by atoms with van der Waals surface area (Å²) in [6.45, 7) is 0. The number of rotatable bonds is 4. The van der Waals surface area contributed by atoms with Crippen molar-refractivity contribution in [2.75, 3.05) is 5.32 Å². The van der Waals surface area contributed by atoms with E-state index in [0.29, 0.717) is 5.75 Å². The standard InChI is InChI=1S/C20H15NO5/c22-17(11-9-10-11)16-18(23)13-7-4-8-14(15(13)19(16)24)21-20(25)26-12-5-2-1-3-6-12/h1-8,11,16H,9-10H2,(H,21,25). The Kier molecular flexibility index (Phi) is 3.88. The van der Waals surface area contributed by atoms with E-state index >= 15 is 0 Å². The lowest BCUT2D eigenvalue weighted by atomic mass is 9.95. The molecule has 0 heterocycles. The Labute approximate surface area is 149 Å². The number of anilines is 1. The molecule has 2 aliphatic carbocycles. The Morgan fingerprint density at radius 1 is 0.923 bits per heavy atom. The van der Waals surface area contributed by atoms with Gasteiger partial charge in [0.2, 0.25) is 0 Å². The smallest absolute Gasteiger partial charge is 0.410 e. The molecule has 6 nitrogen and oxygen atoms in total. The van der Waals surface area contributed by atoms with Gasteiger partial charge in [-0.05, 0) is 31.0 Å². The summed E-state index contributed by atoms with van der Waals surface area (Å²) >= 11 is 0. The summed E-state index contributed by atoms with van der Waals surface area (Å²) < 4.78 is 5.15. The number of ether oxygens (including phenoxy) is 1. The van der Waals surface area contributed by atoms with Crippen molar-refractivity contribution in [3.8, 4) is 5.75 Å². The van der Waals surface area contributed by atoms with Crippen molar-refractivity contribution in [2.24, 2.45) is 11.8 Å². The highest BCUT2D eigenvalue weighted by molar-refractivity contribution is 6.37. The molecule has 0 spiro atoms. The fourth-order valence-corrected chi connectivity index (χ4v) is 3.14. The lowest BCUT2D eigenvalue weighted by molar-refractivity contribution is -0.121. The van der Waals surface area contributed by atoms with E-state index < -0.39 is 23.6 Å². The number of para-hydroxylation sites is 1. The zero-order valence-corrected chi connectivity index (χ0v) is 13.7. The van der Waals surface area contributed by atoms with Crippen molar-refractivity contribution in [3.63, 3.8) is 0 Å². The number of carbonyl (C=O) groups excluding carboxylic acids is 4. The van der Waals surface area contributed by atoms with Crippen molar-refractivity contribution in [3.05, 3.63) is 59.7 Å². The summed E-state index contributed by atoms with van der Waals surface area (Å²) in [5.41, 5.74) is 0.431. The minimum absolute atomic E-state index is 0.0847. The van der Waals surface area contributed by atoms with Crippen LogP contribution in [0.2, 0.25) is 0 Å². The molecule has 1 N–H and O–H groups in total. The maximum Gasteiger partial charge on any atom is 0.417 e. The van der Waals surface area contributed by atoms with E-state index in [9.17, 15) is 19.2 Å². The minimum atomic E-state index is -1.27. The average molecular weight is 349 g/mol. The molecule has 1 atom stereocenters. The van der Waals surface area contributed by atoms with E-state index in [2.05, 4.69) is 5.32 Å². The van der Waals surface area contributed by atoms with Crippen LogP contribution < -0.4 is 10.1 Å². The van der Waals surface area contributed by atoms with E-state index in [1.54, 1.807) is 36.4 Å². The van der Waals surface area contributed by atoms with Crippen molar-refractivity contribution < 1.29 is 23.9 Å². The Morgan fingerprint density at radius 2 is 1.65 bits per heavy atom. The summed E-state index contributed by atoms with van der Waals surface area (Å²) in [7, 11) is 0. The average Bonchev–Trinajstić information content (AvgIpc) is 3.43. The lowest BCUT2D eigenvalue weighted by Gasteiger charge is -2.09. The Hall–Kier alpha value is -3.28. The molecule has 0 aliphatic heterocycles. The molecule has 6 heteroatoms. The van der Waals surface area contributed by atoms with Crippen molar-refractivity contribution >= 4 is 29.1 Å². The summed E-state index contributed by atoms with van der Waals surface area (Å²) in [5.74, 6) is -2.46. The maximum absolute atomic E-state index is 12.7. The second-order valence-corrected chi connectivity index (χ2v) is 6.39. The van der Waals surface area contributed by atoms with Gasteiger partial charge >= 0.3 is 6.09 Å². The largest absolute Gasteiger partial charge is 0.417 e. The van der Waals surface area contributed by atoms with Gasteiger partial charge in [0, 0.05) is 11.5 Å². The fourth-order valence-electron chi connectivity index (χ4n) is 3.14. The zero-order valence-electron chi connectivity index (χ0n) is 13.7. The topological polar surface area (TPSA) is 89.5 Å². The van der Waals surface area contributed by atoms with Gasteiger partial charge in [-0.15, -0.1) is 0 Å². The van der Waals surface area contributed by atoms with E-state index in [4.69, 9.17) is 4.74 Å². The van der Waals surface area contributed by atoms with Gasteiger partial charge in [-0.1, -0.05) is 30.3 Å². The maximum atomic E-state index is 12.7. The van der Waals surface area contributed by atoms with Crippen LogP contribution in [0.3, 0.4) is 0 Å². The van der Waals surface area contributed by atoms with Crippen molar-refractivity contribution in [1.82, 2.24) is 0 Å². The number of hydrogen-bond acceptors (Lipinski definition) is 5. The van der Waals surface area contributed by atoms with E-state index in [1.165, 1.54) is 12.1 Å². The molecule has 1 amide bonds. The zero-order chi connectivity index (χ0) is 18.3. The lowest BCUT2D eigenvalue weighted by Crippen LogP contribution is -2.27. The summed E-state index contributed by atoms with van der Waals surface area (Å²) in [6.07, 6.45) is 0.670. The minimum Gasteiger partial charge on any atom is -0.410 e. The Morgan fingerprint density at radius 3 is 2.35 bits per heavy atom. The highest BCUT2D eigenvalue weighted by Crippen LogP contribution is 2.39. The molecule has 26 heavy (non-hydrogen) atoms. The molecule has 0 aromatic heterocycles. The Balaban J connectivity index is 1.59. The van der Waals surface area contributed by atoms with Gasteiger partial charge in [0.1, 0.15) is 11.7 Å². The van der Waals surface area contributed by atoms with Gasteiger partial charge < -0.3 is 4.74 Å². The second-order valence-electron chi connectivity index (χ2n) is 6.39. The molecule has 2 aromatic rings. The van der Waals surface area contributed by atoms with Crippen LogP contribution >= 0.6 is 0 Å². The molecular formula is C20H15NO5. The summed E-state index contributed by atoms with van der Waals surface area (Å²) in [6, 6.07) is 13.0. The number of benzene rings is 2. The molecule has 1 saturated carbocycles. The SMILES string of the molecule is O=C(Nc1cccc2c1C(=O)C(C(=O)C1CC1)C2=O)Oc1ccccc1. The number of nitrogens with one attached hydrogen (secondary N) is 1. The van der Waals surface area contributed by atoms with E-state index in [1.807, 2.05) is 0 Å². The van der Waals surface area contributed by atoms with Crippen LogP contribution in [0.1, 0.15) is 33.6 Å². The third-order valence-electron chi connectivity index (χ3n) is 4.56. The normalized spacial score (nSPS) is 18.4. The van der Waals surface area contributed by atoms with Gasteiger partial charge in [-0.25, -0.2) is 4.79 Å². The summed E-state index contributed by atoms with van der Waals surface area (Å²) in [4.78, 5) is 49.7. The molecule has 2 aromatic carbocycles. The van der Waals surface area contributed by atoms with Crippen LogP contribution in [0.25, 0.3) is 0 Å². The van der Waals surface area contributed by atoms with Crippen LogP contribution in [0.15, 0.2) is 48.5 Å². The van der Waals surface area contributed by atoms with Crippen LogP contribution in [-0.2, 0) is 4.79 Å². The third kappa shape index (κ3) is 2.79. The van der Waals surface area contributed by atoms with Gasteiger partial charge in [0.15, 0.2) is 17.3 Å². The number of ketones is 3. The Bertz CT molecular complexity index is 930. The van der Waals surface area contributed by atoms with Gasteiger partial charge in [-0.3, -0.25) is 19.7 Å². The van der Waals surface area contributed by atoms with Gasteiger partial charge in [-0.2, -0.15) is 0 Å². The molecule has 0 radical (unpaired) electrons. The molecular weight excluding hydrogens is 334 g/mol. The van der Waals surface area contributed by atoms with Crippen LogP contribution in [0.5, 0.6) is 5.75 Å². The second kappa shape index (κ2) is 6.22. The number of Topliss-reactive ketones (excluding diaryl/α,β-unsaturated/α-hetero) is 3. The van der Waals surface area contributed by atoms with Crippen LogP contribution in [0, 0.1) is 11.8 Å². The first-order valence-electron chi connectivity index (χ1n) is 8.35. The third-order valence-corrected chi connectivity index (χ3v) is 4.56. The molecule has 130 valence electrons. The first kappa shape index (κ1) is 16.2. The quantitative estimate of drug-likeness (QED) is 0.856.